The third kappa shape index (κ3) is 2.89. The number of ether oxygens (including phenoxy) is 1. The molecule has 3 rings (SSSR count). The van der Waals surface area contributed by atoms with Crippen molar-refractivity contribution in [2.24, 2.45) is 11.8 Å². The lowest BCUT2D eigenvalue weighted by atomic mass is 9.80. The Labute approximate surface area is 119 Å². The van der Waals surface area contributed by atoms with Gasteiger partial charge in [0, 0.05) is 11.7 Å². The number of hydrogen-bond acceptors (Lipinski definition) is 3. The zero-order valence-corrected chi connectivity index (χ0v) is 12.1. The molecule has 1 heterocycles. The van der Waals surface area contributed by atoms with Gasteiger partial charge in [-0.3, -0.25) is 4.79 Å². The lowest BCUT2D eigenvalue weighted by Gasteiger charge is -2.32. The number of carbonyl (C=O) groups is 1. The largest absolute Gasteiger partial charge is 0.482 e. The second-order valence-corrected chi connectivity index (χ2v) is 6.31. The molecule has 2 N–H and O–H groups in total. The van der Waals surface area contributed by atoms with Crippen LogP contribution in [0.4, 0.5) is 11.4 Å². The van der Waals surface area contributed by atoms with Gasteiger partial charge in [-0.2, -0.15) is 0 Å². The van der Waals surface area contributed by atoms with Gasteiger partial charge in [0.2, 0.25) is 0 Å². The smallest absolute Gasteiger partial charge is 0.262 e. The van der Waals surface area contributed by atoms with Crippen LogP contribution in [0.25, 0.3) is 0 Å². The number of benzene rings is 1. The second kappa shape index (κ2) is 5.35. The molecule has 0 bridgehead atoms. The summed E-state index contributed by atoms with van der Waals surface area (Å²) in [4.78, 5) is 11.4. The fraction of sp³-hybridized carbons (Fsp3) is 0.562. The molecule has 1 fully saturated rings. The van der Waals surface area contributed by atoms with E-state index >= 15 is 0 Å². The van der Waals surface area contributed by atoms with Crippen LogP contribution in [-0.4, -0.2) is 18.6 Å². The first-order valence-corrected chi connectivity index (χ1v) is 7.43. The molecule has 4 heteroatoms. The Morgan fingerprint density at radius 1 is 1.20 bits per heavy atom. The van der Waals surface area contributed by atoms with Gasteiger partial charge < -0.3 is 15.4 Å². The average Bonchev–Trinajstić information content (AvgIpc) is 2.37. The number of carbonyl (C=O) groups excluding carboxylic acids is 1. The highest BCUT2D eigenvalue weighted by Gasteiger charge is 2.24. The van der Waals surface area contributed by atoms with Gasteiger partial charge in [-0.25, -0.2) is 0 Å². The summed E-state index contributed by atoms with van der Waals surface area (Å²) in [5.41, 5.74) is 1.82. The maximum absolute atomic E-state index is 11.4. The SMILES string of the molecule is CC1CC(C)CC(Nc2ccc3c(c2)NC(=O)CO3)C1. The number of fused-ring (bicyclic) bond motifs is 1. The predicted octanol–water partition coefficient (Wildman–Crippen LogP) is 3.25. The zero-order chi connectivity index (χ0) is 14.1. The average molecular weight is 274 g/mol. The van der Waals surface area contributed by atoms with Crippen molar-refractivity contribution in [2.45, 2.75) is 39.2 Å². The molecule has 1 aliphatic carbocycles. The summed E-state index contributed by atoms with van der Waals surface area (Å²) in [5.74, 6) is 2.21. The van der Waals surface area contributed by atoms with E-state index < -0.39 is 0 Å². The molecular formula is C16H22N2O2. The minimum Gasteiger partial charge on any atom is -0.482 e. The molecule has 2 unspecified atom stereocenters. The summed E-state index contributed by atoms with van der Waals surface area (Å²) in [6.45, 7) is 4.76. The van der Waals surface area contributed by atoms with E-state index in [1.165, 1.54) is 19.3 Å². The molecule has 4 nitrogen and oxygen atoms in total. The summed E-state index contributed by atoms with van der Waals surface area (Å²) in [6, 6.07) is 6.44. The number of anilines is 2. The molecule has 1 aliphatic heterocycles. The molecule has 0 radical (unpaired) electrons. The summed E-state index contributed by atoms with van der Waals surface area (Å²) in [5, 5.41) is 6.45. The molecule has 108 valence electrons. The normalized spacial score (nSPS) is 29.1. The number of nitrogens with one attached hydrogen (secondary N) is 2. The zero-order valence-electron chi connectivity index (χ0n) is 12.1. The van der Waals surface area contributed by atoms with Crippen LogP contribution in [0, 0.1) is 11.8 Å². The maximum Gasteiger partial charge on any atom is 0.262 e. The van der Waals surface area contributed by atoms with Gasteiger partial charge in [0.1, 0.15) is 5.75 Å². The van der Waals surface area contributed by atoms with Gasteiger partial charge >= 0.3 is 0 Å². The van der Waals surface area contributed by atoms with E-state index in [0.717, 1.165) is 29.0 Å². The van der Waals surface area contributed by atoms with Crippen molar-refractivity contribution in [3.8, 4) is 5.75 Å². The Bertz CT molecular complexity index is 505. The van der Waals surface area contributed by atoms with Crippen molar-refractivity contribution in [1.82, 2.24) is 0 Å². The van der Waals surface area contributed by atoms with Gasteiger partial charge in [-0.1, -0.05) is 13.8 Å². The fourth-order valence-corrected chi connectivity index (χ4v) is 3.47. The molecule has 0 aromatic heterocycles. The van der Waals surface area contributed by atoms with Crippen molar-refractivity contribution in [1.29, 1.82) is 0 Å². The van der Waals surface area contributed by atoms with Gasteiger partial charge in [-0.05, 0) is 49.3 Å². The van der Waals surface area contributed by atoms with E-state index in [9.17, 15) is 4.79 Å². The Hall–Kier alpha value is -1.71. The van der Waals surface area contributed by atoms with Crippen molar-refractivity contribution in [3.63, 3.8) is 0 Å². The monoisotopic (exact) mass is 274 g/mol. The van der Waals surface area contributed by atoms with Crippen LogP contribution in [0.5, 0.6) is 5.75 Å². The fourth-order valence-electron chi connectivity index (χ4n) is 3.47. The molecule has 0 spiro atoms. The van der Waals surface area contributed by atoms with Crippen LogP contribution in [0.15, 0.2) is 18.2 Å². The first-order chi connectivity index (χ1) is 9.60. The topological polar surface area (TPSA) is 50.4 Å². The Morgan fingerprint density at radius 2 is 1.95 bits per heavy atom. The Morgan fingerprint density at radius 3 is 2.70 bits per heavy atom. The first kappa shape index (κ1) is 13.3. The van der Waals surface area contributed by atoms with Crippen LogP contribution < -0.4 is 15.4 Å². The van der Waals surface area contributed by atoms with Crippen molar-refractivity contribution in [3.05, 3.63) is 18.2 Å². The molecule has 2 atom stereocenters. The van der Waals surface area contributed by atoms with Crippen LogP contribution in [0.3, 0.4) is 0 Å². The summed E-state index contributed by atoms with van der Waals surface area (Å²) >= 11 is 0. The van der Waals surface area contributed by atoms with E-state index in [4.69, 9.17) is 4.74 Å². The number of rotatable bonds is 2. The quantitative estimate of drug-likeness (QED) is 0.870. The number of amides is 1. The minimum absolute atomic E-state index is 0.0884. The number of hydrogen-bond donors (Lipinski definition) is 2. The Kier molecular flexibility index (Phi) is 3.55. The van der Waals surface area contributed by atoms with Crippen LogP contribution in [0.1, 0.15) is 33.1 Å². The third-order valence-corrected chi connectivity index (χ3v) is 4.16. The van der Waals surface area contributed by atoms with E-state index in [2.05, 4.69) is 24.5 Å². The van der Waals surface area contributed by atoms with Gasteiger partial charge in [0.25, 0.3) is 5.91 Å². The summed E-state index contributed by atoms with van der Waals surface area (Å²) < 4.78 is 5.37. The van der Waals surface area contributed by atoms with E-state index in [-0.39, 0.29) is 12.5 Å². The summed E-state index contributed by atoms with van der Waals surface area (Å²) in [7, 11) is 0. The van der Waals surface area contributed by atoms with Crippen LogP contribution >= 0.6 is 0 Å². The summed E-state index contributed by atoms with van der Waals surface area (Å²) in [6.07, 6.45) is 3.75. The lowest BCUT2D eigenvalue weighted by Crippen LogP contribution is -2.30. The minimum atomic E-state index is -0.0884. The highest BCUT2D eigenvalue weighted by atomic mass is 16.5. The first-order valence-electron chi connectivity index (χ1n) is 7.43. The third-order valence-electron chi connectivity index (χ3n) is 4.16. The van der Waals surface area contributed by atoms with Gasteiger partial charge in [0.15, 0.2) is 6.61 Å². The van der Waals surface area contributed by atoms with Gasteiger partial charge in [-0.15, -0.1) is 0 Å². The van der Waals surface area contributed by atoms with Crippen molar-refractivity contribution >= 4 is 17.3 Å². The molecule has 1 aromatic carbocycles. The molecule has 0 saturated heterocycles. The predicted molar refractivity (Wildman–Crippen MR) is 80.2 cm³/mol. The standard InChI is InChI=1S/C16H22N2O2/c1-10-5-11(2)7-13(6-10)17-12-3-4-15-14(8-12)18-16(19)9-20-15/h3-4,8,10-11,13,17H,5-7,9H2,1-2H3,(H,18,19). The lowest BCUT2D eigenvalue weighted by molar-refractivity contribution is -0.118. The van der Waals surface area contributed by atoms with Crippen LogP contribution in [-0.2, 0) is 4.79 Å². The molecule has 2 aliphatic rings. The second-order valence-electron chi connectivity index (χ2n) is 6.31. The van der Waals surface area contributed by atoms with E-state index in [0.29, 0.717) is 6.04 Å². The molecule has 1 amide bonds. The van der Waals surface area contributed by atoms with E-state index in [1.807, 2.05) is 18.2 Å². The highest BCUT2D eigenvalue weighted by Crippen LogP contribution is 2.33. The molecular weight excluding hydrogens is 252 g/mol. The van der Waals surface area contributed by atoms with Gasteiger partial charge in [0.05, 0.1) is 5.69 Å². The Balaban J connectivity index is 1.71. The van der Waals surface area contributed by atoms with Crippen molar-refractivity contribution < 1.29 is 9.53 Å². The van der Waals surface area contributed by atoms with Crippen molar-refractivity contribution in [2.75, 3.05) is 17.2 Å². The molecule has 1 saturated carbocycles. The highest BCUT2D eigenvalue weighted by molar-refractivity contribution is 5.96. The van der Waals surface area contributed by atoms with E-state index in [1.54, 1.807) is 0 Å². The van der Waals surface area contributed by atoms with Crippen LogP contribution in [0.2, 0.25) is 0 Å². The maximum atomic E-state index is 11.4. The molecule has 1 aromatic rings. The molecule has 20 heavy (non-hydrogen) atoms.